The maximum absolute atomic E-state index is 12.4. The minimum absolute atomic E-state index is 0.0954. The van der Waals surface area contributed by atoms with Crippen LogP contribution in [-0.2, 0) is 4.74 Å². The van der Waals surface area contributed by atoms with Crippen LogP contribution in [0, 0.1) is 0 Å². The molecule has 0 atom stereocenters. The van der Waals surface area contributed by atoms with E-state index >= 15 is 0 Å². The lowest BCUT2D eigenvalue weighted by Crippen LogP contribution is -2.16. The number of pyridine rings is 1. The van der Waals surface area contributed by atoms with Gasteiger partial charge in [0.1, 0.15) is 11.4 Å². The van der Waals surface area contributed by atoms with E-state index in [-0.39, 0.29) is 17.3 Å². The largest absolute Gasteiger partial charge is 0.464 e. The number of benzene rings is 2. The number of nitrogens with zero attached hydrogens (tertiary/aromatic N) is 1. The Balaban J connectivity index is 1.91. The number of carbonyl (C=O) groups excluding carboxylic acids is 2. The lowest BCUT2D eigenvalue weighted by Gasteiger charge is -2.09. The Morgan fingerprint density at radius 3 is 2.43 bits per heavy atom. The summed E-state index contributed by atoms with van der Waals surface area (Å²) in [7, 11) is 1.27. The first-order valence-corrected chi connectivity index (χ1v) is 7.03. The van der Waals surface area contributed by atoms with Gasteiger partial charge in [-0.15, -0.1) is 0 Å². The summed E-state index contributed by atoms with van der Waals surface area (Å²) >= 11 is 0. The van der Waals surface area contributed by atoms with Crippen molar-refractivity contribution in [3.05, 3.63) is 72.1 Å². The predicted octanol–water partition coefficient (Wildman–Crippen LogP) is 3.27. The highest BCUT2D eigenvalue weighted by molar-refractivity contribution is 6.08. The van der Waals surface area contributed by atoms with E-state index < -0.39 is 5.97 Å². The molecule has 1 amide bonds. The van der Waals surface area contributed by atoms with Crippen LogP contribution in [0.1, 0.15) is 21.0 Å². The molecule has 5 heteroatoms. The summed E-state index contributed by atoms with van der Waals surface area (Å²) in [6, 6.07) is 18.1. The van der Waals surface area contributed by atoms with Gasteiger partial charge >= 0.3 is 5.97 Å². The zero-order valence-electron chi connectivity index (χ0n) is 12.4. The third-order valence-corrected chi connectivity index (χ3v) is 3.41. The average Bonchev–Trinajstić information content (AvgIpc) is 2.61. The number of methoxy groups -OCH3 is 1. The summed E-state index contributed by atoms with van der Waals surface area (Å²) in [6.45, 7) is 0. The molecule has 0 aliphatic heterocycles. The highest BCUT2D eigenvalue weighted by Crippen LogP contribution is 2.23. The van der Waals surface area contributed by atoms with Crippen molar-refractivity contribution in [2.45, 2.75) is 0 Å². The van der Waals surface area contributed by atoms with Crippen molar-refractivity contribution in [3.63, 3.8) is 0 Å². The van der Waals surface area contributed by atoms with Gasteiger partial charge in [0, 0.05) is 11.1 Å². The van der Waals surface area contributed by atoms with Gasteiger partial charge in [0.05, 0.1) is 7.11 Å². The van der Waals surface area contributed by atoms with Crippen LogP contribution in [0.25, 0.3) is 10.8 Å². The molecule has 0 fully saturated rings. The van der Waals surface area contributed by atoms with Crippen LogP contribution in [0.2, 0.25) is 0 Å². The first kappa shape index (κ1) is 14.7. The normalized spacial score (nSPS) is 10.3. The number of hydrogen-bond donors (Lipinski definition) is 1. The van der Waals surface area contributed by atoms with Gasteiger partial charge in [-0.25, -0.2) is 9.78 Å². The van der Waals surface area contributed by atoms with E-state index in [1.807, 2.05) is 42.5 Å². The molecule has 0 aliphatic rings. The number of aromatic nitrogens is 1. The first-order valence-electron chi connectivity index (χ1n) is 7.03. The van der Waals surface area contributed by atoms with Crippen molar-refractivity contribution in [1.29, 1.82) is 0 Å². The van der Waals surface area contributed by atoms with Crippen LogP contribution in [0.15, 0.2) is 60.7 Å². The van der Waals surface area contributed by atoms with E-state index in [1.165, 1.54) is 13.2 Å². The molecule has 1 N–H and O–H groups in total. The van der Waals surface area contributed by atoms with Crippen LogP contribution >= 0.6 is 0 Å². The summed E-state index contributed by atoms with van der Waals surface area (Å²) in [4.78, 5) is 27.9. The average molecular weight is 306 g/mol. The van der Waals surface area contributed by atoms with E-state index in [2.05, 4.69) is 15.0 Å². The van der Waals surface area contributed by atoms with Gasteiger partial charge in [-0.05, 0) is 23.6 Å². The number of nitrogens with one attached hydrogen (secondary N) is 1. The fraction of sp³-hybridized carbons (Fsp3) is 0.0556. The maximum Gasteiger partial charge on any atom is 0.356 e. The van der Waals surface area contributed by atoms with Gasteiger partial charge in [-0.1, -0.05) is 42.5 Å². The number of rotatable bonds is 3. The third kappa shape index (κ3) is 3.03. The molecule has 0 radical (unpaired) electrons. The van der Waals surface area contributed by atoms with Gasteiger partial charge in [0.15, 0.2) is 0 Å². The molecule has 3 aromatic rings. The Labute approximate surface area is 132 Å². The van der Waals surface area contributed by atoms with E-state index in [0.29, 0.717) is 5.69 Å². The maximum atomic E-state index is 12.4. The first-order chi connectivity index (χ1) is 11.2. The summed E-state index contributed by atoms with van der Waals surface area (Å²) in [6.07, 6.45) is 0. The molecule has 0 saturated carbocycles. The molecule has 114 valence electrons. The fourth-order valence-corrected chi connectivity index (χ4v) is 2.30. The Hall–Kier alpha value is -3.21. The zero-order valence-corrected chi connectivity index (χ0v) is 12.4. The quantitative estimate of drug-likeness (QED) is 0.754. The van der Waals surface area contributed by atoms with Gasteiger partial charge in [0.25, 0.3) is 5.91 Å². The minimum Gasteiger partial charge on any atom is -0.464 e. The lowest BCUT2D eigenvalue weighted by atomic mass is 10.1. The van der Waals surface area contributed by atoms with Crippen LogP contribution < -0.4 is 5.32 Å². The molecule has 0 unspecified atom stereocenters. The molecule has 2 aromatic carbocycles. The molecule has 23 heavy (non-hydrogen) atoms. The van der Waals surface area contributed by atoms with Crippen LogP contribution in [0.3, 0.4) is 0 Å². The number of esters is 1. The van der Waals surface area contributed by atoms with E-state index in [0.717, 1.165) is 10.8 Å². The second-order valence-corrected chi connectivity index (χ2v) is 4.88. The van der Waals surface area contributed by atoms with Crippen molar-refractivity contribution < 1.29 is 14.3 Å². The third-order valence-electron chi connectivity index (χ3n) is 3.41. The predicted molar refractivity (Wildman–Crippen MR) is 87.5 cm³/mol. The number of carbonyl (C=O) groups is 2. The highest BCUT2D eigenvalue weighted by Gasteiger charge is 2.13. The topological polar surface area (TPSA) is 68.3 Å². The monoisotopic (exact) mass is 306 g/mol. The molecule has 1 heterocycles. The van der Waals surface area contributed by atoms with Gasteiger partial charge in [0.2, 0.25) is 0 Å². The zero-order chi connectivity index (χ0) is 16.2. The van der Waals surface area contributed by atoms with Gasteiger partial charge in [-0.3, -0.25) is 4.79 Å². The Morgan fingerprint density at radius 1 is 0.913 bits per heavy atom. The summed E-state index contributed by atoms with van der Waals surface area (Å²) < 4.78 is 4.61. The molecule has 5 nitrogen and oxygen atoms in total. The standard InChI is InChI=1S/C18H14N2O3/c1-23-18(22)16-11-5-10-15(19-16)17(21)20-14-9-4-7-12-6-2-3-8-13(12)14/h2-11H,1H3,(H,20,21). The molecule has 0 aliphatic carbocycles. The second-order valence-electron chi connectivity index (χ2n) is 4.88. The number of ether oxygens (including phenoxy) is 1. The Morgan fingerprint density at radius 2 is 1.61 bits per heavy atom. The molecule has 0 bridgehead atoms. The lowest BCUT2D eigenvalue weighted by molar-refractivity contribution is 0.0594. The Bertz CT molecular complexity index is 885. The molecular formula is C18H14N2O3. The summed E-state index contributed by atoms with van der Waals surface area (Å²) in [5.41, 5.74) is 0.942. The fourth-order valence-electron chi connectivity index (χ4n) is 2.30. The second kappa shape index (κ2) is 6.27. The van der Waals surface area contributed by atoms with Gasteiger partial charge < -0.3 is 10.1 Å². The minimum atomic E-state index is -0.579. The summed E-state index contributed by atoms with van der Waals surface area (Å²) in [5, 5.41) is 4.80. The molecule has 1 aromatic heterocycles. The number of fused-ring (bicyclic) bond motifs is 1. The van der Waals surface area contributed by atoms with Gasteiger partial charge in [-0.2, -0.15) is 0 Å². The molecule has 3 rings (SSSR count). The summed E-state index contributed by atoms with van der Waals surface area (Å²) in [5.74, 6) is -0.961. The SMILES string of the molecule is COC(=O)c1cccc(C(=O)Nc2cccc3ccccc23)n1. The van der Waals surface area contributed by atoms with Crippen LogP contribution in [0.4, 0.5) is 5.69 Å². The Kier molecular flexibility index (Phi) is 4.01. The number of anilines is 1. The van der Waals surface area contributed by atoms with Crippen molar-refractivity contribution in [2.24, 2.45) is 0 Å². The van der Waals surface area contributed by atoms with Crippen molar-refractivity contribution >= 4 is 28.3 Å². The number of amides is 1. The van der Waals surface area contributed by atoms with E-state index in [9.17, 15) is 9.59 Å². The van der Waals surface area contributed by atoms with Crippen molar-refractivity contribution in [3.8, 4) is 0 Å². The highest BCUT2D eigenvalue weighted by atomic mass is 16.5. The van der Waals surface area contributed by atoms with E-state index in [1.54, 1.807) is 12.1 Å². The van der Waals surface area contributed by atoms with Crippen molar-refractivity contribution in [1.82, 2.24) is 4.98 Å². The molecule has 0 spiro atoms. The van der Waals surface area contributed by atoms with E-state index in [4.69, 9.17) is 0 Å². The smallest absolute Gasteiger partial charge is 0.356 e. The molecule has 0 saturated heterocycles. The number of hydrogen-bond acceptors (Lipinski definition) is 4. The van der Waals surface area contributed by atoms with Crippen molar-refractivity contribution in [2.75, 3.05) is 12.4 Å². The van der Waals surface area contributed by atoms with Crippen LogP contribution in [0.5, 0.6) is 0 Å². The molecular weight excluding hydrogens is 292 g/mol. The van der Waals surface area contributed by atoms with Crippen LogP contribution in [-0.4, -0.2) is 24.0 Å².